The topological polar surface area (TPSA) is 103 Å². The summed E-state index contributed by atoms with van der Waals surface area (Å²) < 4.78 is 7.51. The van der Waals surface area contributed by atoms with E-state index < -0.39 is 5.97 Å². The normalized spacial score (nSPS) is 12.6. The second kappa shape index (κ2) is 7.00. The highest BCUT2D eigenvalue weighted by Gasteiger charge is 2.20. The summed E-state index contributed by atoms with van der Waals surface area (Å²) >= 11 is 0. The van der Waals surface area contributed by atoms with Crippen LogP contribution in [0.1, 0.15) is 46.2 Å². The molecule has 0 saturated carbocycles. The van der Waals surface area contributed by atoms with E-state index in [2.05, 4.69) is 10.3 Å². The number of hydrogen-bond acceptors (Lipinski definition) is 5. The van der Waals surface area contributed by atoms with Gasteiger partial charge in [-0.3, -0.25) is 9.48 Å². The predicted octanol–water partition coefficient (Wildman–Crippen LogP) is 1.22. The zero-order valence-corrected chi connectivity index (χ0v) is 13.3. The van der Waals surface area contributed by atoms with Crippen molar-refractivity contribution in [2.75, 3.05) is 6.61 Å². The summed E-state index contributed by atoms with van der Waals surface area (Å²) in [6.07, 6.45) is 3.11. The lowest BCUT2D eigenvalue weighted by molar-refractivity contribution is -0.136. The number of carbonyl (C=O) groups is 1. The van der Waals surface area contributed by atoms with E-state index in [1.807, 2.05) is 27.7 Å². The van der Waals surface area contributed by atoms with Gasteiger partial charge in [0.1, 0.15) is 0 Å². The Kier molecular flexibility index (Phi) is 5.86. The molecule has 0 radical (unpaired) electrons. The molecule has 0 aromatic carbocycles. The monoisotopic (exact) mass is 298 g/mol. The summed E-state index contributed by atoms with van der Waals surface area (Å²) in [6, 6.07) is 0. The Morgan fingerprint density at radius 1 is 1.38 bits per heavy atom. The minimum atomic E-state index is -0.907. The average Bonchev–Trinajstić information content (AvgIpc) is 2.71. The summed E-state index contributed by atoms with van der Waals surface area (Å²) in [5.74, 6) is -0.907. The summed E-state index contributed by atoms with van der Waals surface area (Å²) in [6.45, 7) is 9.23. The van der Waals surface area contributed by atoms with Crippen LogP contribution in [0.5, 0.6) is 0 Å². The smallest absolute Gasteiger partial charge is 0.309 e. The molecule has 0 aliphatic carbocycles. The fraction of sp³-hybridized carbons (Fsp3) is 0.786. The van der Waals surface area contributed by atoms with E-state index in [0.29, 0.717) is 18.8 Å². The largest absolute Gasteiger partial charge is 0.481 e. The Bertz CT molecular complexity index is 463. The minimum Gasteiger partial charge on any atom is -0.481 e. The Balaban J connectivity index is 2.38. The van der Waals surface area contributed by atoms with E-state index in [9.17, 15) is 4.79 Å². The molecular weight excluding hydrogens is 272 g/mol. The molecule has 1 aromatic rings. The quantitative estimate of drug-likeness (QED) is 0.710. The first-order valence-corrected chi connectivity index (χ1v) is 7.11. The van der Waals surface area contributed by atoms with E-state index in [1.165, 1.54) is 0 Å². The Morgan fingerprint density at radius 3 is 2.62 bits per heavy atom. The average molecular weight is 298 g/mol. The zero-order chi connectivity index (χ0) is 16.1. The van der Waals surface area contributed by atoms with Gasteiger partial charge < -0.3 is 15.6 Å². The van der Waals surface area contributed by atoms with Crippen molar-refractivity contribution in [2.24, 2.45) is 5.73 Å². The Labute approximate surface area is 125 Å². The molecule has 0 saturated heterocycles. The van der Waals surface area contributed by atoms with Crippen molar-refractivity contribution in [3.05, 3.63) is 11.9 Å². The third-order valence-electron chi connectivity index (χ3n) is 3.10. The van der Waals surface area contributed by atoms with Gasteiger partial charge in [0.2, 0.25) is 0 Å². The molecule has 0 aliphatic heterocycles. The SMILES string of the molecule is CC(C)(N)CCOC(C)(C)CCn1cc(CC(=O)O)nn1. The van der Waals surface area contributed by atoms with Gasteiger partial charge in [0.05, 0.1) is 17.7 Å². The number of aliphatic carboxylic acids is 1. The third-order valence-corrected chi connectivity index (χ3v) is 3.10. The van der Waals surface area contributed by atoms with Gasteiger partial charge in [0, 0.05) is 24.9 Å². The van der Waals surface area contributed by atoms with Crippen molar-refractivity contribution in [2.45, 2.75) is 64.6 Å². The van der Waals surface area contributed by atoms with Crippen molar-refractivity contribution < 1.29 is 14.6 Å². The van der Waals surface area contributed by atoms with Gasteiger partial charge in [-0.2, -0.15) is 0 Å². The maximum atomic E-state index is 10.6. The molecule has 0 atom stereocenters. The molecule has 0 bridgehead atoms. The van der Waals surface area contributed by atoms with Crippen LogP contribution in [0.4, 0.5) is 0 Å². The molecule has 0 aliphatic rings. The second-order valence-corrected chi connectivity index (χ2v) is 6.64. The maximum Gasteiger partial charge on any atom is 0.309 e. The van der Waals surface area contributed by atoms with Crippen molar-refractivity contribution in [1.29, 1.82) is 0 Å². The van der Waals surface area contributed by atoms with Crippen LogP contribution in [-0.4, -0.2) is 43.8 Å². The molecule has 0 amide bonds. The van der Waals surface area contributed by atoms with Crippen LogP contribution in [0.3, 0.4) is 0 Å². The number of aromatic nitrogens is 3. The maximum absolute atomic E-state index is 10.6. The van der Waals surface area contributed by atoms with Crippen LogP contribution < -0.4 is 5.73 Å². The number of rotatable bonds is 9. The molecule has 0 fully saturated rings. The van der Waals surface area contributed by atoms with E-state index in [4.69, 9.17) is 15.6 Å². The lowest BCUT2D eigenvalue weighted by Gasteiger charge is -2.27. The van der Waals surface area contributed by atoms with Crippen molar-refractivity contribution in [1.82, 2.24) is 15.0 Å². The van der Waals surface area contributed by atoms with Crippen molar-refractivity contribution in [3.8, 4) is 0 Å². The number of hydrogen-bond donors (Lipinski definition) is 2. The van der Waals surface area contributed by atoms with Gasteiger partial charge in [-0.05, 0) is 40.5 Å². The summed E-state index contributed by atoms with van der Waals surface area (Å²) in [5, 5.41) is 16.4. The molecule has 1 rings (SSSR count). The van der Waals surface area contributed by atoms with Gasteiger partial charge >= 0.3 is 5.97 Å². The number of ether oxygens (including phenoxy) is 1. The minimum absolute atomic E-state index is 0.106. The zero-order valence-electron chi connectivity index (χ0n) is 13.3. The van der Waals surface area contributed by atoms with Gasteiger partial charge in [-0.1, -0.05) is 5.21 Å². The molecule has 3 N–H and O–H groups in total. The number of nitrogens with zero attached hydrogens (tertiary/aromatic N) is 3. The first kappa shape index (κ1) is 17.6. The van der Waals surface area contributed by atoms with Gasteiger partial charge in [0.25, 0.3) is 0 Å². The van der Waals surface area contributed by atoms with Gasteiger partial charge in [-0.25, -0.2) is 0 Å². The van der Waals surface area contributed by atoms with Crippen LogP contribution in [0, 0.1) is 0 Å². The molecule has 7 heteroatoms. The summed E-state index contributed by atoms with van der Waals surface area (Å²) in [5.41, 5.74) is 5.87. The standard InChI is InChI=1S/C14H26N4O3/c1-13(2,15)6-8-21-14(3,4)5-7-18-10-11(16-17-18)9-12(19)20/h10H,5-9,15H2,1-4H3,(H,19,20). The molecule has 120 valence electrons. The molecule has 21 heavy (non-hydrogen) atoms. The first-order valence-electron chi connectivity index (χ1n) is 7.11. The van der Waals surface area contributed by atoms with E-state index in [0.717, 1.165) is 12.8 Å². The predicted molar refractivity (Wildman–Crippen MR) is 78.9 cm³/mol. The molecule has 1 heterocycles. The van der Waals surface area contributed by atoms with E-state index in [-0.39, 0.29) is 17.6 Å². The molecule has 7 nitrogen and oxygen atoms in total. The third kappa shape index (κ3) is 7.77. The van der Waals surface area contributed by atoms with Crippen LogP contribution in [0.15, 0.2) is 6.20 Å². The number of nitrogens with two attached hydrogens (primary N) is 1. The first-order chi connectivity index (χ1) is 9.57. The highest BCUT2D eigenvalue weighted by molar-refractivity contribution is 5.69. The van der Waals surface area contributed by atoms with Crippen molar-refractivity contribution >= 4 is 5.97 Å². The van der Waals surface area contributed by atoms with Gasteiger partial charge in [0.15, 0.2) is 0 Å². The Morgan fingerprint density at radius 2 is 2.05 bits per heavy atom. The fourth-order valence-corrected chi connectivity index (χ4v) is 1.73. The lowest BCUT2D eigenvalue weighted by Crippen LogP contribution is -2.35. The molecule has 1 aromatic heterocycles. The lowest BCUT2D eigenvalue weighted by atomic mass is 10.0. The molecule has 0 spiro atoms. The van der Waals surface area contributed by atoms with E-state index in [1.54, 1.807) is 10.9 Å². The van der Waals surface area contributed by atoms with Crippen LogP contribution in [0.2, 0.25) is 0 Å². The molecule has 0 unspecified atom stereocenters. The van der Waals surface area contributed by atoms with Crippen LogP contribution in [-0.2, 0) is 22.5 Å². The molecular formula is C14H26N4O3. The second-order valence-electron chi connectivity index (χ2n) is 6.64. The number of carboxylic acids is 1. The highest BCUT2D eigenvalue weighted by Crippen LogP contribution is 2.17. The van der Waals surface area contributed by atoms with E-state index >= 15 is 0 Å². The summed E-state index contributed by atoms with van der Waals surface area (Å²) in [7, 11) is 0. The number of carboxylic acid groups (broad SMARTS) is 1. The fourth-order valence-electron chi connectivity index (χ4n) is 1.73. The van der Waals surface area contributed by atoms with Crippen LogP contribution >= 0.6 is 0 Å². The number of aryl methyl sites for hydroxylation is 1. The van der Waals surface area contributed by atoms with Crippen LogP contribution in [0.25, 0.3) is 0 Å². The highest BCUT2D eigenvalue weighted by atomic mass is 16.5. The summed E-state index contributed by atoms with van der Waals surface area (Å²) in [4.78, 5) is 10.6. The van der Waals surface area contributed by atoms with Gasteiger partial charge in [-0.15, -0.1) is 5.10 Å². The van der Waals surface area contributed by atoms with Crippen molar-refractivity contribution in [3.63, 3.8) is 0 Å². The Hall–Kier alpha value is -1.47.